The van der Waals surface area contributed by atoms with E-state index in [1.807, 2.05) is 4.57 Å². The van der Waals surface area contributed by atoms with Gasteiger partial charge in [-0.2, -0.15) is 0 Å². The zero-order valence-electron chi connectivity index (χ0n) is 24.6. The molecule has 0 aliphatic carbocycles. The molecule has 3 saturated heterocycles. The van der Waals surface area contributed by atoms with Crippen molar-refractivity contribution in [2.24, 2.45) is 0 Å². The van der Waals surface area contributed by atoms with Crippen LogP contribution in [0.25, 0.3) is 11.0 Å². The van der Waals surface area contributed by atoms with Crippen molar-refractivity contribution >= 4 is 31.0 Å². The first-order valence-electron chi connectivity index (χ1n) is 14.3. The van der Waals surface area contributed by atoms with Crippen molar-refractivity contribution in [3.8, 4) is 0 Å². The molecule has 0 N–H and O–H groups in total. The second-order valence-electron chi connectivity index (χ2n) is 13.8. The van der Waals surface area contributed by atoms with Gasteiger partial charge in [0, 0.05) is 34.1 Å². The van der Waals surface area contributed by atoms with Crippen molar-refractivity contribution < 1.29 is 27.8 Å². The van der Waals surface area contributed by atoms with E-state index in [0.29, 0.717) is 38.0 Å². The number of fused-ring (bicyclic) bond motifs is 2. The summed E-state index contributed by atoms with van der Waals surface area (Å²) in [5.41, 5.74) is -3.44. The molecule has 0 unspecified atom stereocenters. The van der Waals surface area contributed by atoms with Crippen LogP contribution in [0.5, 0.6) is 0 Å². The Bertz CT molecular complexity index is 1220. The minimum Gasteiger partial charge on any atom is -0.444 e. The summed E-state index contributed by atoms with van der Waals surface area (Å²) in [4.78, 5) is 24.6. The summed E-state index contributed by atoms with van der Waals surface area (Å²) in [7, 11) is -1.23. The maximum atomic E-state index is 16.3. The van der Waals surface area contributed by atoms with Gasteiger partial charge >= 0.3 is 6.09 Å². The standard InChI is InChI=1S/C28H43F2N5O4Si/c1-26(2,3)39-25(36)35-16-27(29)14-34(15-28(27,30)17-35)24-22-21(20-7-9-37-10-8-20)13-33(23(22)31-18-32-24)19-38-11-12-40(4,5)6/h13,18,20H,7-12,14-17,19H2,1-6H3/t27-,28+. The number of carbonyl (C=O) groups is 1. The Kier molecular flexibility index (Phi) is 7.67. The molecular weight excluding hydrogens is 536 g/mol. The smallest absolute Gasteiger partial charge is 0.410 e. The predicted molar refractivity (Wildman–Crippen MR) is 152 cm³/mol. The van der Waals surface area contributed by atoms with Gasteiger partial charge in [-0.1, -0.05) is 19.6 Å². The largest absolute Gasteiger partial charge is 0.444 e. The Balaban J connectivity index is 1.42. The minimum absolute atomic E-state index is 0.208. The van der Waals surface area contributed by atoms with Gasteiger partial charge in [0.25, 0.3) is 0 Å². The maximum Gasteiger partial charge on any atom is 0.410 e. The molecule has 0 radical (unpaired) electrons. The predicted octanol–water partition coefficient (Wildman–Crippen LogP) is 5.12. The molecule has 3 aliphatic rings. The molecule has 3 fully saturated rings. The summed E-state index contributed by atoms with van der Waals surface area (Å²) in [6.07, 6.45) is 4.55. The molecule has 5 rings (SSSR count). The summed E-state index contributed by atoms with van der Waals surface area (Å²) in [5.74, 6) is 0.757. The van der Waals surface area contributed by atoms with E-state index in [1.54, 1.807) is 25.7 Å². The number of hydrogen-bond donors (Lipinski definition) is 0. The maximum absolute atomic E-state index is 16.3. The molecule has 1 amide bonds. The van der Waals surface area contributed by atoms with Crippen LogP contribution in [0.1, 0.15) is 45.1 Å². The number of ether oxygens (including phenoxy) is 3. The molecule has 0 bridgehead atoms. The summed E-state index contributed by atoms with van der Waals surface area (Å²) < 4.78 is 51.6. The molecule has 40 heavy (non-hydrogen) atoms. The van der Waals surface area contributed by atoms with Crippen molar-refractivity contribution in [2.75, 3.05) is 50.9 Å². The topological polar surface area (TPSA) is 82.0 Å². The molecule has 12 heteroatoms. The van der Waals surface area contributed by atoms with E-state index in [1.165, 1.54) is 6.33 Å². The fraction of sp³-hybridized carbons (Fsp3) is 0.750. The third kappa shape index (κ3) is 5.85. The number of likely N-dealkylation sites (tertiary alicyclic amines) is 1. The van der Waals surface area contributed by atoms with Crippen molar-refractivity contribution in [3.63, 3.8) is 0 Å². The van der Waals surface area contributed by atoms with E-state index in [2.05, 4.69) is 35.8 Å². The Labute approximate surface area is 236 Å². The lowest BCUT2D eigenvalue weighted by Crippen LogP contribution is -2.44. The molecule has 2 aromatic heterocycles. The molecule has 5 heterocycles. The highest BCUT2D eigenvalue weighted by atomic mass is 28.3. The summed E-state index contributed by atoms with van der Waals surface area (Å²) in [5, 5.41) is 0.819. The van der Waals surface area contributed by atoms with Gasteiger partial charge in [0.15, 0.2) is 11.3 Å². The van der Waals surface area contributed by atoms with Crippen molar-refractivity contribution in [3.05, 3.63) is 18.1 Å². The highest BCUT2D eigenvalue weighted by Crippen LogP contribution is 2.48. The lowest BCUT2D eigenvalue weighted by molar-refractivity contribution is 0.0259. The highest BCUT2D eigenvalue weighted by Gasteiger charge is 2.67. The van der Waals surface area contributed by atoms with Crippen LogP contribution in [-0.2, 0) is 20.9 Å². The Morgan fingerprint density at radius 3 is 2.35 bits per heavy atom. The Hall–Kier alpha value is -2.31. The van der Waals surface area contributed by atoms with Crippen LogP contribution in [0, 0.1) is 0 Å². The molecule has 3 aliphatic heterocycles. The zero-order valence-corrected chi connectivity index (χ0v) is 25.6. The number of nitrogens with zero attached hydrogens (tertiary/aromatic N) is 5. The fourth-order valence-electron chi connectivity index (χ4n) is 5.93. The Morgan fingerprint density at radius 1 is 1.10 bits per heavy atom. The normalized spacial score (nSPS) is 26.1. The van der Waals surface area contributed by atoms with E-state index in [9.17, 15) is 4.79 Å². The minimum atomic E-state index is -2.23. The lowest BCUT2D eigenvalue weighted by atomic mass is 9.92. The first-order chi connectivity index (χ1) is 18.7. The fourth-order valence-corrected chi connectivity index (χ4v) is 6.69. The van der Waals surface area contributed by atoms with E-state index in [0.717, 1.165) is 34.7 Å². The first kappa shape index (κ1) is 29.2. The quantitative estimate of drug-likeness (QED) is 0.333. The number of hydrogen-bond acceptors (Lipinski definition) is 7. The van der Waals surface area contributed by atoms with Gasteiger partial charge < -0.3 is 28.6 Å². The van der Waals surface area contributed by atoms with Gasteiger partial charge in [-0.25, -0.2) is 23.5 Å². The Morgan fingerprint density at radius 2 is 1.75 bits per heavy atom. The van der Waals surface area contributed by atoms with Crippen LogP contribution in [0.15, 0.2) is 12.5 Å². The van der Waals surface area contributed by atoms with Gasteiger partial charge in [0.2, 0.25) is 0 Å². The number of aromatic nitrogens is 3. The summed E-state index contributed by atoms with van der Waals surface area (Å²) in [6, 6.07) is 1.06. The SMILES string of the molecule is CC(C)(C)OC(=O)N1C[C@@]2(F)CN(c3ncnc4c3c(C3CCOCC3)cn4COCC[Si](C)(C)C)C[C@@]2(F)C1. The molecule has 2 aromatic rings. The van der Waals surface area contributed by atoms with Gasteiger partial charge in [0.1, 0.15) is 30.1 Å². The average Bonchev–Trinajstić information content (AvgIpc) is 3.44. The second-order valence-corrected chi connectivity index (χ2v) is 19.4. The second kappa shape index (κ2) is 10.5. The van der Waals surface area contributed by atoms with Crippen LogP contribution in [-0.4, -0.2) is 96.5 Å². The van der Waals surface area contributed by atoms with Crippen LogP contribution in [0.2, 0.25) is 25.7 Å². The number of rotatable bonds is 7. The number of anilines is 1. The summed E-state index contributed by atoms with van der Waals surface area (Å²) in [6.45, 7) is 13.4. The van der Waals surface area contributed by atoms with E-state index in [4.69, 9.17) is 14.2 Å². The van der Waals surface area contributed by atoms with Gasteiger partial charge in [-0.3, -0.25) is 0 Å². The third-order valence-corrected chi connectivity index (χ3v) is 9.78. The lowest BCUT2D eigenvalue weighted by Gasteiger charge is -2.27. The monoisotopic (exact) mass is 579 g/mol. The van der Waals surface area contributed by atoms with E-state index in [-0.39, 0.29) is 32.1 Å². The van der Waals surface area contributed by atoms with Gasteiger partial charge in [-0.05, 0) is 51.1 Å². The molecule has 0 spiro atoms. The average molecular weight is 580 g/mol. The van der Waals surface area contributed by atoms with E-state index >= 15 is 8.78 Å². The van der Waals surface area contributed by atoms with Gasteiger partial charge in [0.05, 0.1) is 31.6 Å². The molecular formula is C28H43F2N5O4Si. The van der Waals surface area contributed by atoms with Crippen LogP contribution in [0.3, 0.4) is 0 Å². The van der Waals surface area contributed by atoms with Crippen molar-refractivity contribution in [1.29, 1.82) is 0 Å². The molecule has 2 atom stereocenters. The van der Waals surface area contributed by atoms with Crippen LogP contribution in [0.4, 0.5) is 19.4 Å². The first-order valence-corrected chi connectivity index (χ1v) is 18.0. The highest BCUT2D eigenvalue weighted by molar-refractivity contribution is 6.76. The number of alkyl halides is 2. The zero-order chi connectivity index (χ0) is 28.9. The molecule has 9 nitrogen and oxygen atoms in total. The third-order valence-electron chi connectivity index (χ3n) is 8.07. The number of halogens is 2. The van der Waals surface area contributed by atoms with Crippen molar-refractivity contribution in [2.45, 2.75) is 88.9 Å². The van der Waals surface area contributed by atoms with Gasteiger partial charge in [-0.15, -0.1) is 0 Å². The molecule has 0 aromatic carbocycles. The number of carbonyl (C=O) groups excluding carboxylic acids is 1. The summed E-state index contributed by atoms with van der Waals surface area (Å²) >= 11 is 0. The van der Waals surface area contributed by atoms with E-state index < -0.39 is 31.1 Å². The van der Waals surface area contributed by atoms with Crippen LogP contribution < -0.4 is 4.90 Å². The number of amides is 1. The van der Waals surface area contributed by atoms with Crippen molar-refractivity contribution in [1.82, 2.24) is 19.4 Å². The molecule has 222 valence electrons. The molecule has 0 saturated carbocycles. The van der Waals surface area contributed by atoms with Crippen LogP contribution >= 0.6 is 0 Å².